The maximum atomic E-state index is 12.2. The van der Waals surface area contributed by atoms with Gasteiger partial charge in [-0.3, -0.25) is 0 Å². The van der Waals surface area contributed by atoms with Crippen molar-refractivity contribution in [3.63, 3.8) is 0 Å². The van der Waals surface area contributed by atoms with Crippen LogP contribution in [0.3, 0.4) is 0 Å². The maximum absolute atomic E-state index is 12.2. The molecule has 0 atom stereocenters. The standard InChI is InChI=1S/C21H20AsO/c1-18(23)17-22(19-11-5-2-6-12-19,20-13-7-3-8-14-20)21-15-9-4-10-16-21/h2-16H,17H2,1H3. The Balaban J connectivity index is 2.32. The van der Waals surface area contributed by atoms with Crippen molar-refractivity contribution < 1.29 is 4.79 Å². The second kappa shape index (κ2) is 6.98. The van der Waals surface area contributed by atoms with Crippen LogP contribution in [0.2, 0.25) is 5.21 Å². The van der Waals surface area contributed by atoms with Crippen LogP contribution in [0.25, 0.3) is 0 Å². The molecule has 23 heavy (non-hydrogen) atoms. The third-order valence-electron chi connectivity index (χ3n) is 4.05. The Bertz CT molecular complexity index is 670. The predicted molar refractivity (Wildman–Crippen MR) is 99.5 cm³/mol. The van der Waals surface area contributed by atoms with Gasteiger partial charge in [-0.2, -0.15) is 0 Å². The van der Waals surface area contributed by atoms with E-state index in [1.807, 2.05) is 18.2 Å². The van der Waals surface area contributed by atoms with E-state index in [2.05, 4.69) is 72.8 Å². The predicted octanol–water partition coefficient (Wildman–Crippen LogP) is 2.75. The van der Waals surface area contributed by atoms with Crippen molar-refractivity contribution in [1.29, 1.82) is 0 Å². The Morgan fingerprint density at radius 1 is 0.652 bits per heavy atom. The molecule has 0 heterocycles. The Labute approximate surface area is 140 Å². The van der Waals surface area contributed by atoms with Gasteiger partial charge < -0.3 is 0 Å². The SMILES string of the molecule is CC(=O)C[As](c1ccccc1)(c1ccccc1)c1ccccc1. The normalized spacial score (nSPS) is 11.2. The van der Waals surface area contributed by atoms with Crippen LogP contribution in [0.1, 0.15) is 6.92 Å². The first-order valence-electron chi connectivity index (χ1n) is 7.78. The molecule has 3 aromatic carbocycles. The van der Waals surface area contributed by atoms with Crippen LogP contribution in [0.15, 0.2) is 91.0 Å². The van der Waals surface area contributed by atoms with E-state index in [-0.39, 0.29) is 5.78 Å². The van der Waals surface area contributed by atoms with Crippen LogP contribution in [0.4, 0.5) is 0 Å². The van der Waals surface area contributed by atoms with Gasteiger partial charge in [0.05, 0.1) is 0 Å². The van der Waals surface area contributed by atoms with Gasteiger partial charge in [0.25, 0.3) is 0 Å². The van der Waals surface area contributed by atoms with E-state index in [0.717, 1.165) is 0 Å². The molecule has 0 amide bonds. The summed E-state index contributed by atoms with van der Waals surface area (Å²) in [5.74, 6) is 0.258. The van der Waals surface area contributed by atoms with E-state index in [0.29, 0.717) is 5.21 Å². The molecule has 2 heteroatoms. The van der Waals surface area contributed by atoms with Gasteiger partial charge in [0, 0.05) is 0 Å². The molecule has 1 nitrogen and oxygen atoms in total. The molecule has 0 aliphatic carbocycles. The molecule has 0 spiro atoms. The number of Topliss-reactive ketones (excluding diaryl/α,β-unsaturated/α-hetero) is 1. The average molecular weight is 363 g/mol. The number of carbonyl (C=O) groups excluding carboxylic acids is 1. The number of carbonyl (C=O) groups is 1. The molecule has 3 aromatic rings. The molecular weight excluding hydrogens is 343 g/mol. The van der Waals surface area contributed by atoms with E-state index >= 15 is 0 Å². The molecule has 115 valence electrons. The second-order valence-electron chi connectivity index (χ2n) is 5.68. The Kier molecular flexibility index (Phi) is 4.78. The summed E-state index contributed by atoms with van der Waals surface area (Å²) in [5, 5.41) is 0.621. The second-order valence-corrected chi connectivity index (χ2v) is 13.0. The van der Waals surface area contributed by atoms with Crippen LogP contribution in [-0.2, 0) is 4.79 Å². The summed E-state index contributed by atoms with van der Waals surface area (Å²) in [6.45, 7) is 1.71. The van der Waals surface area contributed by atoms with Crippen molar-refractivity contribution in [2.24, 2.45) is 0 Å². The summed E-state index contributed by atoms with van der Waals surface area (Å²) in [5.41, 5.74) is 0. The van der Waals surface area contributed by atoms with Gasteiger partial charge in [-0.25, -0.2) is 0 Å². The number of hydrogen-bond acceptors (Lipinski definition) is 1. The molecule has 0 unspecified atom stereocenters. The summed E-state index contributed by atoms with van der Waals surface area (Å²) >= 11 is -2.78. The van der Waals surface area contributed by atoms with Crippen LogP contribution >= 0.6 is 0 Å². The van der Waals surface area contributed by atoms with E-state index in [1.54, 1.807) is 6.92 Å². The van der Waals surface area contributed by atoms with Crippen LogP contribution in [-0.4, -0.2) is 19.3 Å². The van der Waals surface area contributed by atoms with E-state index in [1.165, 1.54) is 13.1 Å². The molecule has 0 aliphatic rings. The van der Waals surface area contributed by atoms with E-state index in [4.69, 9.17) is 0 Å². The number of hydrogen-bond donors (Lipinski definition) is 0. The van der Waals surface area contributed by atoms with Crippen molar-refractivity contribution in [3.05, 3.63) is 91.0 Å². The summed E-state index contributed by atoms with van der Waals surface area (Å²) in [6, 6.07) is 31.7. The minimum absolute atomic E-state index is 0.258. The molecule has 0 aliphatic heterocycles. The van der Waals surface area contributed by atoms with Crippen molar-refractivity contribution in [2.45, 2.75) is 12.1 Å². The van der Waals surface area contributed by atoms with Crippen molar-refractivity contribution in [1.82, 2.24) is 0 Å². The first-order chi connectivity index (χ1) is 11.2. The molecule has 0 bridgehead atoms. The summed E-state index contributed by atoms with van der Waals surface area (Å²) in [6.07, 6.45) is 0. The van der Waals surface area contributed by atoms with Gasteiger partial charge in [0.15, 0.2) is 0 Å². The zero-order valence-electron chi connectivity index (χ0n) is 13.2. The zero-order valence-corrected chi connectivity index (χ0v) is 15.1. The molecule has 0 fully saturated rings. The quantitative estimate of drug-likeness (QED) is 0.637. The molecule has 1 radical (unpaired) electrons. The third kappa shape index (κ3) is 3.16. The first-order valence-corrected chi connectivity index (χ1v) is 11.9. The van der Waals surface area contributed by atoms with Crippen molar-refractivity contribution in [2.75, 3.05) is 0 Å². The molecule has 3 rings (SSSR count). The van der Waals surface area contributed by atoms with Gasteiger partial charge in [-0.05, 0) is 0 Å². The Hall–Kier alpha value is -2.11. The van der Waals surface area contributed by atoms with Crippen LogP contribution in [0.5, 0.6) is 0 Å². The number of ketones is 1. The van der Waals surface area contributed by atoms with Crippen molar-refractivity contribution >= 4 is 32.4 Å². The van der Waals surface area contributed by atoms with E-state index in [9.17, 15) is 4.79 Å². The van der Waals surface area contributed by atoms with Gasteiger partial charge in [-0.1, -0.05) is 0 Å². The summed E-state index contributed by atoms with van der Waals surface area (Å²) in [7, 11) is 0. The average Bonchev–Trinajstić information content (AvgIpc) is 2.62. The number of benzene rings is 3. The van der Waals surface area contributed by atoms with Crippen molar-refractivity contribution in [3.8, 4) is 0 Å². The zero-order chi connectivity index (χ0) is 16.1. The monoisotopic (exact) mass is 363 g/mol. The topological polar surface area (TPSA) is 17.1 Å². The first kappa shape index (κ1) is 15.8. The van der Waals surface area contributed by atoms with Gasteiger partial charge in [-0.15, -0.1) is 0 Å². The fraction of sp³-hybridized carbons (Fsp3) is 0.0952. The fourth-order valence-corrected chi connectivity index (χ4v) is 11.8. The molecular formula is C21H20AsO. The third-order valence-corrected chi connectivity index (χ3v) is 13.4. The minimum atomic E-state index is -2.78. The number of rotatable bonds is 5. The molecule has 0 aromatic heterocycles. The van der Waals surface area contributed by atoms with Gasteiger partial charge >= 0.3 is 140 Å². The molecule has 0 saturated carbocycles. The van der Waals surface area contributed by atoms with E-state index < -0.39 is 13.6 Å². The Morgan fingerprint density at radius 3 is 1.22 bits per heavy atom. The molecule has 0 saturated heterocycles. The Morgan fingerprint density at radius 2 is 0.957 bits per heavy atom. The summed E-state index contributed by atoms with van der Waals surface area (Å²) in [4.78, 5) is 12.2. The fourth-order valence-electron chi connectivity index (χ4n) is 3.10. The van der Waals surface area contributed by atoms with Gasteiger partial charge in [0.1, 0.15) is 0 Å². The summed E-state index contributed by atoms with van der Waals surface area (Å²) < 4.78 is 3.95. The van der Waals surface area contributed by atoms with Gasteiger partial charge in [0.2, 0.25) is 0 Å². The molecule has 0 N–H and O–H groups in total. The van der Waals surface area contributed by atoms with Crippen LogP contribution < -0.4 is 13.1 Å². The van der Waals surface area contributed by atoms with Crippen LogP contribution in [0, 0.1) is 0 Å².